The van der Waals surface area contributed by atoms with Gasteiger partial charge in [-0.1, -0.05) is 38.0 Å². The highest BCUT2D eigenvalue weighted by molar-refractivity contribution is 5.90. The summed E-state index contributed by atoms with van der Waals surface area (Å²) in [5.41, 5.74) is -0.949. The van der Waals surface area contributed by atoms with Gasteiger partial charge in [0.25, 0.3) is 0 Å². The number of aliphatic hydroxyl groups is 2. The topological polar surface area (TPSA) is 115 Å². The van der Waals surface area contributed by atoms with E-state index in [9.17, 15) is 9.59 Å². The molecule has 1 aliphatic rings. The van der Waals surface area contributed by atoms with Gasteiger partial charge in [0, 0.05) is 5.57 Å². The van der Waals surface area contributed by atoms with E-state index in [1.807, 2.05) is 0 Å². The maximum absolute atomic E-state index is 10.8. The van der Waals surface area contributed by atoms with Crippen LogP contribution in [0.2, 0.25) is 0 Å². The molecule has 0 aliphatic heterocycles. The van der Waals surface area contributed by atoms with Gasteiger partial charge in [0.2, 0.25) is 0 Å². The molecule has 0 aromatic heterocycles. The van der Waals surface area contributed by atoms with E-state index >= 15 is 0 Å². The van der Waals surface area contributed by atoms with E-state index in [1.165, 1.54) is 25.2 Å². The maximum Gasteiger partial charge on any atom is 0.331 e. The molecule has 0 saturated heterocycles. The zero-order valence-corrected chi connectivity index (χ0v) is 12.5. The standard InChI is InChI=1S/C9H10O4.C6H14O2/c1-9(8(12)13)4-2-3-6(5-9)7(10)11;1-2-3-4-6(8)5-7/h2-4H,5H2,1H3,(H,10,11)(H,12,13);6-8H,2-5H2,1H3. The maximum atomic E-state index is 10.8. The molecular formula is C15H24O6. The molecule has 0 bridgehead atoms. The van der Waals surface area contributed by atoms with Crippen molar-refractivity contribution < 1.29 is 30.0 Å². The van der Waals surface area contributed by atoms with Crippen LogP contribution in [0.4, 0.5) is 0 Å². The summed E-state index contributed by atoms with van der Waals surface area (Å²) in [5.74, 6) is -2.06. The number of carboxylic acid groups (broad SMARTS) is 2. The van der Waals surface area contributed by atoms with Gasteiger partial charge < -0.3 is 20.4 Å². The van der Waals surface area contributed by atoms with Crippen molar-refractivity contribution in [3.63, 3.8) is 0 Å². The minimum atomic E-state index is -1.08. The normalized spacial score (nSPS) is 21.8. The summed E-state index contributed by atoms with van der Waals surface area (Å²) in [4.78, 5) is 21.3. The van der Waals surface area contributed by atoms with Gasteiger partial charge in [-0.3, -0.25) is 4.79 Å². The van der Waals surface area contributed by atoms with E-state index < -0.39 is 23.5 Å². The fourth-order valence-corrected chi connectivity index (χ4v) is 1.71. The average Bonchev–Trinajstić information content (AvgIpc) is 2.45. The molecule has 0 saturated carbocycles. The first kappa shape index (κ1) is 19.3. The lowest BCUT2D eigenvalue weighted by Gasteiger charge is -2.23. The van der Waals surface area contributed by atoms with E-state index in [-0.39, 0.29) is 18.6 Å². The second kappa shape index (κ2) is 9.31. The Bertz CT molecular complexity index is 412. The van der Waals surface area contributed by atoms with E-state index in [1.54, 1.807) is 0 Å². The summed E-state index contributed by atoms with van der Waals surface area (Å²) >= 11 is 0. The zero-order valence-electron chi connectivity index (χ0n) is 12.5. The van der Waals surface area contributed by atoms with Crippen LogP contribution in [-0.2, 0) is 9.59 Å². The summed E-state index contributed by atoms with van der Waals surface area (Å²) in [5, 5.41) is 34.5. The number of aliphatic hydroxyl groups excluding tert-OH is 2. The Morgan fingerprint density at radius 1 is 1.38 bits per heavy atom. The molecule has 0 heterocycles. The van der Waals surface area contributed by atoms with Crippen molar-refractivity contribution in [2.45, 2.75) is 45.6 Å². The number of aliphatic carboxylic acids is 2. The number of hydrogen-bond donors (Lipinski definition) is 4. The number of carboxylic acids is 2. The summed E-state index contributed by atoms with van der Waals surface area (Å²) in [6.45, 7) is 3.46. The third kappa shape index (κ3) is 7.06. The van der Waals surface area contributed by atoms with Gasteiger partial charge in [-0.2, -0.15) is 0 Å². The Kier molecular flexibility index (Phi) is 8.57. The molecule has 0 aromatic carbocycles. The molecular weight excluding hydrogens is 276 g/mol. The molecule has 0 amide bonds. The van der Waals surface area contributed by atoms with Crippen molar-refractivity contribution in [1.29, 1.82) is 0 Å². The van der Waals surface area contributed by atoms with Gasteiger partial charge in [0.05, 0.1) is 18.1 Å². The molecule has 6 nitrogen and oxygen atoms in total. The summed E-state index contributed by atoms with van der Waals surface area (Å²) in [7, 11) is 0. The first-order valence-electron chi connectivity index (χ1n) is 6.90. The van der Waals surface area contributed by atoms with Crippen molar-refractivity contribution in [1.82, 2.24) is 0 Å². The quantitative estimate of drug-likeness (QED) is 0.592. The highest BCUT2D eigenvalue weighted by atomic mass is 16.4. The molecule has 0 fully saturated rings. The monoisotopic (exact) mass is 300 g/mol. The Balaban J connectivity index is 0.000000433. The largest absolute Gasteiger partial charge is 0.481 e. The fraction of sp³-hybridized carbons (Fsp3) is 0.600. The molecule has 21 heavy (non-hydrogen) atoms. The Hall–Kier alpha value is -1.66. The molecule has 1 rings (SSSR count). The van der Waals surface area contributed by atoms with E-state index in [0.717, 1.165) is 19.3 Å². The first-order chi connectivity index (χ1) is 9.76. The number of allylic oxidation sites excluding steroid dienone is 2. The van der Waals surface area contributed by atoms with Crippen molar-refractivity contribution >= 4 is 11.9 Å². The van der Waals surface area contributed by atoms with Crippen molar-refractivity contribution in [3.8, 4) is 0 Å². The third-order valence-electron chi connectivity index (χ3n) is 3.18. The Morgan fingerprint density at radius 3 is 2.43 bits per heavy atom. The van der Waals surface area contributed by atoms with E-state index in [0.29, 0.717) is 0 Å². The minimum absolute atomic E-state index is 0.0359. The first-order valence-corrected chi connectivity index (χ1v) is 6.90. The van der Waals surface area contributed by atoms with Crippen LogP contribution in [0.5, 0.6) is 0 Å². The van der Waals surface area contributed by atoms with Gasteiger partial charge in [-0.15, -0.1) is 0 Å². The Morgan fingerprint density at radius 2 is 2.00 bits per heavy atom. The zero-order chi connectivity index (χ0) is 16.5. The van der Waals surface area contributed by atoms with Gasteiger partial charge in [0.15, 0.2) is 0 Å². The highest BCUT2D eigenvalue weighted by Gasteiger charge is 2.34. The molecule has 0 radical (unpaired) electrons. The van der Waals surface area contributed by atoms with Crippen LogP contribution < -0.4 is 0 Å². The molecule has 2 atom stereocenters. The summed E-state index contributed by atoms with van der Waals surface area (Å²) < 4.78 is 0. The third-order valence-corrected chi connectivity index (χ3v) is 3.18. The summed E-state index contributed by atoms with van der Waals surface area (Å²) in [6, 6.07) is 0. The SMILES string of the molecule is CC1(C(=O)O)C=CC=C(C(=O)O)C1.CCCCC(O)CO. The van der Waals surface area contributed by atoms with Crippen LogP contribution in [0.25, 0.3) is 0 Å². The van der Waals surface area contributed by atoms with Crippen LogP contribution in [0, 0.1) is 5.41 Å². The minimum Gasteiger partial charge on any atom is -0.481 e. The molecule has 0 aromatic rings. The molecule has 1 aliphatic carbocycles. The Labute approximate surface area is 124 Å². The van der Waals surface area contributed by atoms with Gasteiger partial charge in [0.1, 0.15) is 0 Å². The van der Waals surface area contributed by atoms with Crippen LogP contribution >= 0.6 is 0 Å². The van der Waals surface area contributed by atoms with Crippen LogP contribution in [0.3, 0.4) is 0 Å². The lowest BCUT2D eigenvalue weighted by atomic mass is 9.80. The van der Waals surface area contributed by atoms with Crippen molar-refractivity contribution in [2.24, 2.45) is 5.41 Å². The van der Waals surface area contributed by atoms with E-state index in [2.05, 4.69) is 6.92 Å². The van der Waals surface area contributed by atoms with Crippen LogP contribution in [-0.4, -0.2) is 45.1 Å². The fourth-order valence-electron chi connectivity index (χ4n) is 1.71. The number of rotatable bonds is 6. The second-order valence-electron chi connectivity index (χ2n) is 5.23. The predicted molar refractivity (Wildman–Crippen MR) is 77.8 cm³/mol. The highest BCUT2D eigenvalue weighted by Crippen LogP contribution is 2.31. The number of carbonyl (C=O) groups is 2. The van der Waals surface area contributed by atoms with Gasteiger partial charge in [-0.05, 0) is 19.8 Å². The predicted octanol–water partition coefficient (Wildman–Crippen LogP) is 1.58. The molecule has 120 valence electrons. The lowest BCUT2D eigenvalue weighted by Crippen LogP contribution is -2.28. The molecule has 2 unspecified atom stereocenters. The summed E-state index contributed by atoms with van der Waals surface area (Å²) in [6.07, 6.45) is 6.76. The lowest BCUT2D eigenvalue weighted by molar-refractivity contribution is -0.145. The molecule has 4 N–H and O–H groups in total. The van der Waals surface area contributed by atoms with E-state index in [4.69, 9.17) is 20.4 Å². The average molecular weight is 300 g/mol. The van der Waals surface area contributed by atoms with Crippen LogP contribution in [0.15, 0.2) is 23.8 Å². The molecule has 6 heteroatoms. The number of unbranched alkanes of at least 4 members (excludes halogenated alkanes) is 1. The van der Waals surface area contributed by atoms with Crippen molar-refractivity contribution in [3.05, 3.63) is 23.8 Å². The number of hydrogen-bond acceptors (Lipinski definition) is 4. The second-order valence-corrected chi connectivity index (χ2v) is 5.23. The smallest absolute Gasteiger partial charge is 0.331 e. The van der Waals surface area contributed by atoms with Gasteiger partial charge >= 0.3 is 11.9 Å². The van der Waals surface area contributed by atoms with Gasteiger partial charge in [-0.25, -0.2) is 4.79 Å². The van der Waals surface area contributed by atoms with Crippen LogP contribution in [0.1, 0.15) is 39.5 Å². The molecule has 0 spiro atoms. The van der Waals surface area contributed by atoms with Crippen molar-refractivity contribution in [2.75, 3.05) is 6.61 Å².